The lowest BCUT2D eigenvalue weighted by Crippen LogP contribution is -2.43. The van der Waals surface area contributed by atoms with Crippen LogP contribution in [0.3, 0.4) is 0 Å². The molecule has 1 unspecified atom stereocenters. The molecule has 1 aliphatic rings. The van der Waals surface area contributed by atoms with Crippen LogP contribution in [0.25, 0.3) is 0 Å². The lowest BCUT2D eigenvalue weighted by molar-refractivity contribution is -0.787. The van der Waals surface area contributed by atoms with Crippen LogP contribution >= 0.6 is 0 Å². The van der Waals surface area contributed by atoms with Crippen LogP contribution in [0.2, 0.25) is 0 Å². The van der Waals surface area contributed by atoms with Gasteiger partial charge in [0.15, 0.2) is 6.04 Å². The molecule has 12 heteroatoms. The first kappa shape index (κ1) is 30.0. The fourth-order valence-corrected chi connectivity index (χ4v) is 5.17. The van der Waals surface area contributed by atoms with E-state index in [1.165, 1.54) is 19.3 Å². The number of aliphatic imine (C=N–C) groups is 1. The minimum atomic E-state index is -4.70. The Hall–Kier alpha value is -3.93. The number of anilines is 2. The van der Waals surface area contributed by atoms with E-state index in [0.29, 0.717) is 5.92 Å². The summed E-state index contributed by atoms with van der Waals surface area (Å²) in [6.07, 6.45) is 0.755. The Bertz CT molecular complexity index is 1350. The largest absolute Gasteiger partial charge is 0.846 e. The second-order valence-electron chi connectivity index (χ2n) is 10.8. The minimum Gasteiger partial charge on any atom is -0.846 e. The van der Waals surface area contributed by atoms with Gasteiger partial charge >= 0.3 is 12.1 Å². The van der Waals surface area contributed by atoms with Gasteiger partial charge in [-0.25, -0.2) is 4.99 Å². The average Bonchev–Trinajstić information content (AvgIpc) is 3.40. The molecule has 220 valence electrons. The SMILES string of the molecule is CC(C(=O)N(C)c1cc(NC([O-])=Nc2c[n+](C3CCC(CN(C)C)CC3)no2)cc(C(F)(F)F)c1)c1ccccc1. The van der Waals surface area contributed by atoms with Crippen molar-refractivity contribution in [1.29, 1.82) is 0 Å². The Kier molecular flexibility index (Phi) is 9.31. The van der Waals surface area contributed by atoms with Gasteiger partial charge < -0.3 is 20.2 Å². The maximum atomic E-state index is 13.7. The first-order chi connectivity index (χ1) is 19.4. The van der Waals surface area contributed by atoms with E-state index >= 15 is 0 Å². The fraction of sp³-hybridized carbons (Fsp3) is 0.448. The molecular weight excluding hydrogens is 537 g/mol. The standard InChI is InChI=1S/C29H35F3N6O3/c1-19(21-8-6-5-7-9-21)27(39)37(4)25-15-22(29(30,31)32)14-23(16-25)33-28(40)34-26-18-38(35-41-26)24-12-10-20(11-13-24)17-36(2)3/h5-9,14-16,18-20,24H,10-13,17H2,1-4H3,(H-,33,34,35,40). The summed E-state index contributed by atoms with van der Waals surface area (Å²) >= 11 is 0. The van der Waals surface area contributed by atoms with Crippen LogP contribution in [-0.2, 0) is 11.0 Å². The predicted octanol–water partition coefficient (Wildman–Crippen LogP) is 4.50. The molecule has 0 aliphatic heterocycles. The molecule has 1 aliphatic carbocycles. The van der Waals surface area contributed by atoms with Crippen molar-refractivity contribution in [3.8, 4) is 0 Å². The molecule has 9 nitrogen and oxygen atoms in total. The molecule has 3 aromatic rings. The van der Waals surface area contributed by atoms with Crippen molar-refractivity contribution < 1.29 is 32.3 Å². The van der Waals surface area contributed by atoms with Gasteiger partial charge in [0, 0.05) is 37.8 Å². The molecular formula is C29H35F3N6O3. The molecule has 1 fully saturated rings. The Morgan fingerprint density at radius 2 is 1.83 bits per heavy atom. The number of carbonyl (C=O) groups excluding carboxylic acids is 1. The van der Waals surface area contributed by atoms with Crippen LogP contribution in [0.4, 0.5) is 30.4 Å². The summed E-state index contributed by atoms with van der Waals surface area (Å²) < 4.78 is 48.0. The molecule has 1 saturated carbocycles. The van der Waals surface area contributed by atoms with Crippen LogP contribution < -0.4 is 20.0 Å². The fourth-order valence-electron chi connectivity index (χ4n) is 5.17. The minimum absolute atomic E-state index is 0.0229. The van der Waals surface area contributed by atoms with Gasteiger partial charge in [0.05, 0.1) is 17.5 Å². The highest BCUT2D eigenvalue weighted by Crippen LogP contribution is 2.35. The van der Waals surface area contributed by atoms with E-state index < -0.39 is 29.6 Å². The lowest BCUT2D eigenvalue weighted by atomic mass is 9.86. The number of amidine groups is 1. The van der Waals surface area contributed by atoms with Gasteiger partial charge in [0.2, 0.25) is 11.2 Å². The topological polar surface area (TPSA) is 101 Å². The number of carbonyl (C=O) groups is 1. The van der Waals surface area contributed by atoms with Crippen molar-refractivity contribution in [3.63, 3.8) is 0 Å². The first-order valence-corrected chi connectivity index (χ1v) is 13.5. The summed E-state index contributed by atoms with van der Waals surface area (Å²) in [6, 6.07) is 11.1. The number of hydrogen-bond donors (Lipinski definition) is 1. The van der Waals surface area contributed by atoms with Gasteiger partial charge in [-0.1, -0.05) is 30.3 Å². The van der Waals surface area contributed by atoms with E-state index in [1.54, 1.807) is 35.9 Å². The van der Waals surface area contributed by atoms with Crippen molar-refractivity contribution in [2.24, 2.45) is 10.9 Å². The number of hydrogen-bond acceptors (Lipinski definition) is 6. The smallest absolute Gasteiger partial charge is 0.416 e. The monoisotopic (exact) mass is 572 g/mol. The molecule has 1 atom stereocenters. The molecule has 2 aromatic carbocycles. The van der Waals surface area contributed by atoms with Crippen molar-refractivity contribution in [2.75, 3.05) is 37.9 Å². The number of nitrogens with zero attached hydrogens (tertiary/aromatic N) is 5. The molecule has 4 rings (SSSR count). The van der Waals surface area contributed by atoms with E-state index in [0.717, 1.165) is 54.8 Å². The van der Waals surface area contributed by atoms with Crippen molar-refractivity contribution in [2.45, 2.75) is 50.7 Å². The summed E-state index contributed by atoms with van der Waals surface area (Å²) in [6.45, 7) is 2.71. The van der Waals surface area contributed by atoms with Crippen LogP contribution in [0, 0.1) is 5.92 Å². The number of benzene rings is 2. The summed E-state index contributed by atoms with van der Waals surface area (Å²) in [4.78, 5) is 20.2. The van der Waals surface area contributed by atoms with Crippen LogP contribution in [-0.4, -0.2) is 49.8 Å². The highest BCUT2D eigenvalue weighted by Gasteiger charge is 2.33. The average molecular weight is 573 g/mol. The van der Waals surface area contributed by atoms with Crippen LogP contribution in [0.5, 0.6) is 0 Å². The van der Waals surface area contributed by atoms with Crippen molar-refractivity contribution in [1.82, 2.24) is 10.2 Å². The molecule has 1 amide bonds. The number of nitrogens with one attached hydrogen (secondary N) is 1. The summed E-state index contributed by atoms with van der Waals surface area (Å²) in [5.41, 5.74) is -0.471. The molecule has 0 saturated heterocycles. The predicted molar refractivity (Wildman–Crippen MR) is 147 cm³/mol. The molecule has 0 bridgehead atoms. The van der Waals surface area contributed by atoms with Gasteiger partial charge in [0.1, 0.15) is 0 Å². The van der Waals surface area contributed by atoms with E-state index in [4.69, 9.17) is 4.52 Å². The van der Waals surface area contributed by atoms with Gasteiger partial charge in [-0.15, -0.1) is 0 Å². The van der Waals surface area contributed by atoms with Crippen molar-refractivity contribution >= 4 is 29.2 Å². The first-order valence-electron chi connectivity index (χ1n) is 13.5. The Morgan fingerprint density at radius 1 is 1.15 bits per heavy atom. The Balaban J connectivity index is 1.49. The van der Waals surface area contributed by atoms with Gasteiger partial charge in [0.25, 0.3) is 6.20 Å². The van der Waals surface area contributed by atoms with E-state index in [-0.39, 0.29) is 23.3 Å². The Morgan fingerprint density at radius 3 is 2.46 bits per heavy atom. The second-order valence-corrected chi connectivity index (χ2v) is 10.8. The second kappa shape index (κ2) is 12.7. The third-order valence-corrected chi connectivity index (χ3v) is 7.38. The molecule has 0 spiro atoms. The highest BCUT2D eigenvalue weighted by molar-refractivity contribution is 5.98. The zero-order chi connectivity index (χ0) is 29.7. The highest BCUT2D eigenvalue weighted by atomic mass is 19.4. The quantitative estimate of drug-likeness (QED) is 0.242. The van der Waals surface area contributed by atoms with Gasteiger partial charge in [-0.3, -0.25) is 9.32 Å². The Labute approximate surface area is 237 Å². The number of alkyl halides is 3. The lowest BCUT2D eigenvalue weighted by Gasteiger charge is -2.26. The zero-order valence-electron chi connectivity index (χ0n) is 23.6. The molecule has 0 radical (unpaired) electrons. The zero-order valence-corrected chi connectivity index (χ0v) is 23.6. The molecule has 1 aromatic heterocycles. The molecule has 41 heavy (non-hydrogen) atoms. The third-order valence-electron chi connectivity index (χ3n) is 7.38. The summed E-state index contributed by atoms with van der Waals surface area (Å²) in [5, 5.41) is 19.0. The number of aromatic nitrogens is 2. The summed E-state index contributed by atoms with van der Waals surface area (Å²) in [5.74, 6) is -0.435. The van der Waals surface area contributed by atoms with Gasteiger partial charge in [-0.2, -0.15) is 13.2 Å². The van der Waals surface area contributed by atoms with E-state index in [9.17, 15) is 23.1 Å². The molecule has 1 heterocycles. The number of amides is 1. The van der Waals surface area contributed by atoms with Crippen molar-refractivity contribution in [3.05, 3.63) is 65.9 Å². The third kappa shape index (κ3) is 7.84. The van der Waals surface area contributed by atoms with E-state index in [1.807, 2.05) is 6.07 Å². The van der Waals surface area contributed by atoms with Crippen LogP contribution in [0.1, 0.15) is 55.7 Å². The van der Waals surface area contributed by atoms with Crippen LogP contribution in [0.15, 0.2) is 64.2 Å². The normalized spacial score (nSPS) is 18.8. The molecule has 1 N–H and O–H groups in total. The summed E-state index contributed by atoms with van der Waals surface area (Å²) in [7, 11) is 5.51. The maximum absolute atomic E-state index is 13.7. The van der Waals surface area contributed by atoms with E-state index in [2.05, 4.69) is 34.6 Å². The van der Waals surface area contributed by atoms with Gasteiger partial charge in [-0.05, 0) is 68.2 Å². The number of rotatable bonds is 8. The maximum Gasteiger partial charge on any atom is 0.416 e. The number of halogens is 3. The number of likely N-dealkylation sites (N-methyl/N-ethyl adjacent to an activating group) is 1.